The van der Waals surface area contributed by atoms with Crippen LogP contribution in [0.25, 0.3) is 0 Å². The van der Waals surface area contributed by atoms with Crippen molar-refractivity contribution in [2.24, 2.45) is 0 Å². The first kappa shape index (κ1) is 13.3. The maximum absolute atomic E-state index is 11.7. The van der Waals surface area contributed by atoms with Gasteiger partial charge in [-0.15, -0.1) is 11.3 Å². The van der Waals surface area contributed by atoms with Crippen LogP contribution in [0.1, 0.15) is 27.2 Å². The van der Waals surface area contributed by atoms with Gasteiger partial charge in [0.05, 0.1) is 24.9 Å². The van der Waals surface area contributed by atoms with Crippen molar-refractivity contribution in [3.63, 3.8) is 0 Å². The first-order valence-electron chi connectivity index (χ1n) is 5.73. The van der Waals surface area contributed by atoms with Crippen molar-refractivity contribution in [3.05, 3.63) is 39.8 Å². The molecule has 2 rings (SSSR count). The molecule has 19 heavy (non-hydrogen) atoms. The van der Waals surface area contributed by atoms with E-state index in [0.29, 0.717) is 18.5 Å². The molecule has 2 aromatic heterocycles. The Hall–Kier alpha value is -2.10. The van der Waals surface area contributed by atoms with Gasteiger partial charge in [0.15, 0.2) is 0 Å². The third-order valence-electron chi connectivity index (χ3n) is 2.31. The molecule has 0 aliphatic rings. The molecule has 0 atom stereocenters. The lowest BCUT2D eigenvalue weighted by Gasteiger charge is -2.00. The number of amides is 1. The van der Waals surface area contributed by atoms with Gasteiger partial charge in [0.25, 0.3) is 5.91 Å². The molecule has 0 aliphatic heterocycles. The fourth-order valence-corrected chi connectivity index (χ4v) is 2.16. The SMILES string of the molecule is O=C(NCc1cc(C#CCCO)cs1)c1cn[nH]c1. The van der Waals surface area contributed by atoms with E-state index >= 15 is 0 Å². The van der Waals surface area contributed by atoms with Crippen LogP contribution in [0.15, 0.2) is 23.8 Å². The summed E-state index contributed by atoms with van der Waals surface area (Å²) in [7, 11) is 0. The molecule has 0 saturated heterocycles. The highest BCUT2D eigenvalue weighted by atomic mass is 32.1. The number of hydrogen-bond acceptors (Lipinski definition) is 4. The predicted octanol–water partition coefficient (Wildman–Crippen LogP) is 1.14. The summed E-state index contributed by atoms with van der Waals surface area (Å²) in [5.41, 5.74) is 1.42. The van der Waals surface area contributed by atoms with Crippen LogP contribution in [0.5, 0.6) is 0 Å². The first-order chi connectivity index (χ1) is 9.29. The average molecular weight is 275 g/mol. The minimum atomic E-state index is -0.157. The zero-order valence-electron chi connectivity index (χ0n) is 10.1. The average Bonchev–Trinajstić information content (AvgIpc) is 3.08. The summed E-state index contributed by atoms with van der Waals surface area (Å²) in [5.74, 6) is 5.66. The highest BCUT2D eigenvalue weighted by molar-refractivity contribution is 7.10. The van der Waals surface area contributed by atoms with Gasteiger partial charge in [-0.2, -0.15) is 5.10 Å². The number of aliphatic hydroxyl groups excluding tert-OH is 1. The Morgan fingerprint density at radius 3 is 3.21 bits per heavy atom. The number of nitrogens with one attached hydrogen (secondary N) is 2. The fourth-order valence-electron chi connectivity index (χ4n) is 1.40. The Kier molecular flexibility index (Phi) is 4.72. The van der Waals surface area contributed by atoms with Gasteiger partial charge < -0.3 is 10.4 Å². The van der Waals surface area contributed by atoms with E-state index in [0.717, 1.165) is 10.4 Å². The lowest BCUT2D eigenvalue weighted by atomic mass is 10.3. The Labute approximate surface area is 114 Å². The summed E-state index contributed by atoms with van der Waals surface area (Å²) in [4.78, 5) is 12.7. The predicted molar refractivity (Wildman–Crippen MR) is 72.7 cm³/mol. The molecule has 0 unspecified atom stereocenters. The van der Waals surface area contributed by atoms with Gasteiger partial charge >= 0.3 is 0 Å². The number of nitrogens with zero attached hydrogens (tertiary/aromatic N) is 1. The smallest absolute Gasteiger partial charge is 0.254 e. The van der Waals surface area contributed by atoms with E-state index < -0.39 is 0 Å². The Morgan fingerprint density at radius 1 is 1.58 bits per heavy atom. The largest absolute Gasteiger partial charge is 0.395 e. The van der Waals surface area contributed by atoms with Crippen molar-refractivity contribution in [2.75, 3.05) is 6.61 Å². The minimum Gasteiger partial charge on any atom is -0.395 e. The topological polar surface area (TPSA) is 78.0 Å². The van der Waals surface area contributed by atoms with E-state index in [4.69, 9.17) is 5.11 Å². The number of carbonyl (C=O) groups is 1. The zero-order valence-corrected chi connectivity index (χ0v) is 11.0. The van der Waals surface area contributed by atoms with Crippen molar-refractivity contribution < 1.29 is 9.90 Å². The number of aromatic amines is 1. The third kappa shape index (κ3) is 3.95. The second-order valence-electron chi connectivity index (χ2n) is 3.75. The van der Waals surface area contributed by atoms with Crippen LogP contribution >= 0.6 is 11.3 Å². The van der Waals surface area contributed by atoms with Crippen LogP contribution in [0, 0.1) is 11.8 Å². The standard InChI is InChI=1S/C13H13N3O2S/c17-4-2-1-3-10-5-12(19-9-10)8-14-13(18)11-6-15-16-7-11/h5-7,9,17H,2,4,8H2,(H,14,18)(H,15,16). The van der Waals surface area contributed by atoms with Gasteiger partial charge in [-0.1, -0.05) is 11.8 Å². The van der Waals surface area contributed by atoms with Gasteiger partial charge in [-0.05, 0) is 6.07 Å². The lowest BCUT2D eigenvalue weighted by Crippen LogP contribution is -2.21. The van der Waals surface area contributed by atoms with Crippen LogP contribution in [0.4, 0.5) is 0 Å². The molecule has 3 N–H and O–H groups in total. The molecule has 98 valence electrons. The minimum absolute atomic E-state index is 0.0742. The highest BCUT2D eigenvalue weighted by Gasteiger charge is 2.06. The van der Waals surface area contributed by atoms with Crippen molar-refractivity contribution in [2.45, 2.75) is 13.0 Å². The van der Waals surface area contributed by atoms with Crippen molar-refractivity contribution >= 4 is 17.2 Å². The second-order valence-corrected chi connectivity index (χ2v) is 4.74. The van der Waals surface area contributed by atoms with Gasteiger partial charge in [0.2, 0.25) is 0 Å². The van der Waals surface area contributed by atoms with E-state index in [1.165, 1.54) is 6.20 Å². The summed E-state index contributed by atoms with van der Waals surface area (Å²) in [6.45, 7) is 0.543. The molecule has 6 heteroatoms. The molecule has 0 spiro atoms. The molecule has 0 saturated carbocycles. The quantitative estimate of drug-likeness (QED) is 0.732. The van der Waals surface area contributed by atoms with E-state index in [1.54, 1.807) is 17.5 Å². The molecular weight excluding hydrogens is 262 g/mol. The second kappa shape index (κ2) is 6.73. The molecule has 2 aromatic rings. The van der Waals surface area contributed by atoms with E-state index in [1.807, 2.05) is 11.4 Å². The number of carbonyl (C=O) groups excluding carboxylic acids is 1. The van der Waals surface area contributed by atoms with Crippen molar-refractivity contribution in [1.82, 2.24) is 15.5 Å². The number of aliphatic hydroxyl groups is 1. The van der Waals surface area contributed by atoms with Crippen molar-refractivity contribution in [1.29, 1.82) is 0 Å². The third-order valence-corrected chi connectivity index (χ3v) is 3.24. The van der Waals surface area contributed by atoms with Crippen LogP contribution < -0.4 is 5.32 Å². The summed E-state index contributed by atoms with van der Waals surface area (Å²) >= 11 is 1.54. The number of rotatable bonds is 4. The molecule has 0 aliphatic carbocycles. The van der Waals surface area contributed by atoms with E-state index in [2.05, 4.69) is 27.4 Å². The molecule has 0 fully saturated rings. The molecule has 0 aromatic carbocycles. The highest BCUT2D eigenvalue weighted by Crippen LogP contribution is 2.13. The van der Waals surface area contributed by atoms with Crippen LogP contribution in [-0.4, -0.2) is 27.8 Å². The van der Waals surface area contributed by atoms with Gasteiger partial charge in [0.1, 0.15) is 0 Å². The Morgan fingerprint density at radius 2 is 2.47 bits per heavy atom. The molecule has 0 bridgehead atoms. The van der Waals surface area contributed by atoms with Gasteiger partial charge in [-0.3, -0.25) is 9.89 Å². The van der Waals surface area contributed by atoms with E-state index in [9.17, 15) is 4.79 Å². The number of aromatic nitrogens is 2. The lowest BCUT2D eigenvalue weighted by molar-refractivity contribution is 0.0951. The van der Waals surface area contributed by atoms with Crippen molar-refractivity contribution in [3.8, 4) is 11.8 Å². The van der Waals surface area contributed by atoms with Gasteiger partial charge in [-0.25, -0.2) is 0 Å². The summed E-state index contributed by atoms with van der Waals surface area (Å²) in [5, 5.41) is 19.7. The van der Waals surface area contributed by atoms with Gasteiger partial charge in [0, 0.05) is 28.4 Å². The summed E-state index contributed by atoms with van der Waals surface area (Å²) < 4.78 is 0. The number of thiophene rings is 1. The van der Waals surface area contributed by atoms with E-state index in [-0.39, 0.29) is 12.5 Å². The normalized spacial score (nSPS) is 9.74. The maximum atomic E-state index is 11.7. The molecule has 0 radical (unpaired) electrons. The number of H-pyrrole nitrogens is 1. The fraction of sp³-hybridized carbons (Fsp3) is 0.231. The Balaban J connectivity index is 1.87. The monoisotopic (exact) mass is 275 g/mol. The first-order valence-corrected chi connectivity index (χ1v) is 6.61. The molecule has 1 amide bonds. The number of hydrogen-bond donors (Lipinski definition) is 3. The van der Waals surface area contributed by atoms with Crippen LogP contribution in [0.3, 0.4) is 0 Å². The Bertz CT molecular complexity index is 593. The maximum Gasteiger partial charge on any atom is 0.254 e. The molecular formula is C13H13N3O2S. The van der Waals surface area contributed by atoms with Crippen LogP contribution in [0.2, 0.25) is 0 Å². The summed E-state index contributed by atoms with van der Waals surface area (Å²) in [6, 6.07) is 1.94. The molecule has 2 heterocycles. The van der Waals surface area contributed by atoms with Crippen LogP contribution in [-0.2, 0) is 6.54 Å². The zero-order chi connectivity index (χ0) is 13.5. The summed E-state index contributed by atoms with van der Waals surface area (Å²) in [6.07, 6.45) is 3.51. The molecule has 5 nitrogen and oxygen atoms in total.